The van der Waals surface area contributed by atoms with E-state index in [1.807, 2.05) is 30.8 Å². The third-order valence-electron chi connectivity index (χ3n) is 2.10. The topological polar surface area (TPSA) is 64.1 Å². The van der Waals surface area contributed by atoms with Gasteiger partial charge in [-0.2, -0.15) is 5.10 Å². The summed E-state index contributed by atoms with van der Waals surface area (Å²) in [6.07, 6.45) is 4.35. The molecule has 2 unspecified atom stereocenters. The second-order valence-electron chi connectivity index (χ2n) is 3.85. The van der Waals surface area contributed by atoms with Gasteiger partial charge in [-0.05, 0) is 26.3 Å². The van der Waals surface area contributed by atoms with Crippen LogP contribution in [0.5, 0.6) is 0 Å². The van der Waals surface area contributed by atoms with Crippen molar-refractivity contribution >= 4 is 0 Å². The van der Waals surface area contributed by atoms with Crippen LogP contribution in [-0.4, -0.2) is 27.0 Å². The van der Waals surface area contributed by atoms with E-state index in [9.17, 15) is 0 Å². The van der Waals surface area contributed by atoms with E-state index in [4.69, 9.17) is 10.8 Å². The summed E-state index contributed by atoms with van der Waals surface area (Å²) < 4.78 is 1.85. The molecule has 0 saturated carbocycles. The Bertz CT molecular complexity index is 243. The molecule has 3 N–H and O–H groups in total. The first kappa shape index (κ1) is 10.2. The Hall–Kier alpha value is -0.870. The number of aliphatic hydroxyl groups is 1. The summed E-state index contributed by atoms with van der Waals surface area (Å²) in [4.78, 5) is 0. The van der Waals surface area contributed by atoms with Crippen molar-refractivity contribution in [2.24, 2.45) is 5.73 Å². The minimum absolute atomic E-state index is 0.00138. The van der Waals surface area contributed by atoms with E-state index in [-0.39, 0.29) is 12.6 Å². The summed E-state index contributed by atoms with van der Waals surface area (Å²) in [5.74, 6) is 0. The molecule has 4 heteroatoms. The molecule has 1 rings (SSSR count). The largest absolute Gasteiger partial charge is 0.394 e. The molecule has 74 valence electrons. The molecule has 0 aliphatic carbocycles. The van der Waals surface area contributed by atoms with Crippen LogP contribution in [0, 0.1) is 0 Å². The standard InChI is InChI=1S/C9H17N3O/c1-8(6-9(2,10)7-13)12-5-3-4-11-12/h3-5,8,13H,6-7,10H2,1-2H3. The van der Waals surface area contributed by atoms with Crippen LogP contribution in [0.1, 0.15) is 26.3 Å². The van der Waals surface area contributed by atoms with Crippen molar-refractivity contribution in [3.8, 4) is 0 Å². The van der Waals surface area contributed by atoms with Crippen molar-refractivity contribution in [3.05, 3.63) is 18.5 Å². The predicted molar refractivity (Wildman–Crippen MR) is 51.2 cm³/mol. The van der Waals surface area contributed by atoms with Gasteiger partial charge in [0, 0.05) is 17.9 Å². The molecule has 0 saturated heterocycles. The molecule has 0 radical (unpaired) electrons. The molecule has 2 atom stereocenters. The Morgan fingerprint density at radius 1 is 1.69 bits per heavy atom. The van der Waals surface area contributed by atoms with Gasteiger partial charge >= 0.3 is 0 Å². The molecule has 0 amide bonds. The van der Waals surface area contributed by atoms with E-state index < -0.39 is 5.54 Å². The number of hydrogen-bond acceptors (Lipinski definition) is 3. The first-order valence-corrected chi connectivity index (χ1v) is 4.44. The highest BCUT2D eigenvalue weighted by Gasteiger charge is 2.21. The highest BCUT2D eigenvalue weighted by molar-refractivity contribution is 4.85. The summed E-state index contributed by atoms with van der Waals surface area (Å²) in [7, 11) is 0. The molecule has 0 aliphatic rings. The van der Waals surface area contributed by atoms with Crippen LogP contribution in [-0.2, 0) is 0 Å². The fraction of sp³-hybridized carbons (Fsp3) is 0.667. The van der Waals surface area contributed by atoms with Crippen LogP contribution in [0.3, 0.4) is 0 Å². The number of nitrogens with two attached hydrogens (primary N) is 1. The van der Waals surface area contributed by atoms with Gasteiger partial charge in [0.15, 0.2) is 0 Å². The van der Waals surface area contributed by atoms with Crippen molar-refractivity contribution in [2.45, 2.75) is 31.8 Å². The van der Waals surface area contributed by atoms with Crippen LogP contribution < -0.4 is 5.73 Å². The van der Waals surface area contributed by atoms with Crippen LogP contribution in [0.2, 0.25) is 0 Å². The van der Waals surface area contributed by atoms with Crippen molar-refractivity contribution in [3.63, 3.8) is 0 Å². The normalized spacial score (nSPS) is 18.2. The first-order chi connectivity index (χ1) is 6.05. The molecule has 1 aromatic rings. The van der Waals surface area contributed by atoms with E-state index in [1.165, 1.54) is 0 Å². The number of aromatic nitrogens is 2. The molecule has 0 bridgehead atoms. The van der Waals surface area contributed by atoms with Gasteiger partial charge in [-0.15, -0.1) is 0 Å². The summed E-state index contributed by atoms with van der Waals surface area (Å²) in [5, 5.41) is 13.1. The Kier molecular flexibility index (Phi) is 3.06. The molecular formula is C9H17N3O. The number of rotatable bonds is 4. The average molecular weight is 183 g/mol. The molecular weight excluding hydrogens is 166 g/mol. The highest BCUT2D eigenvalue weighted by Crippen LogP contribution is 2.17. The van der Waals surface area contributed by atoms with Gasteiger partial charge in [0.05, 0.1) is 12.6 Å². The third kappa shape index (κ3) is 2.82. The highest BCUT2D eigenvalue weighted by atomic mass is 16.3. The first-order valence-electron chi connectivity index (χ1n) is 4.44. The SMILES string of the molecule is CC(CC(C)(N)CO)n1cccn1. The van der Waals surface area contributed by atoms with E-state index in [0.29, 0.717) is 6.42 Å². The number of hydrogen-bond donors (Lipinski definition) is 2. The van der Waals surface area contributed by atoms with E-state index in [0.717, 1.165) is 0 Å². The fourth-order valence-corrected chi connectivity index (χ4v) is 1.37. The summed E-state index contributed by atoms with van der Waals surface area (Å²) in [6, 6.07) is 2.10. The number of aliphatic hydroxyl groups excluding tert-OH is 1. The Balaban J connectivity index is 2.56. The lowest BCUT2D eigenvalue weighted by molar-refractivity contribution is 0.182. The van der Waals surface area contributed by atoms with Gasteiger partial charge in [-0.1, -0.05) is 0 Å². The van der Waals surface area contributed by atoms with Crippen LogP contribution in [0.4, 0.5) is 0 Å². The second kappa shape index (κ2) is 3.89. The second-order valence-corrected chi connectivity index (χ2v) is 3.85. The molecule has 1 aromatic heterocycles. The molecule has 13 heavy (non-hydrogen) atoms. The Morgan fingerprint density at radius 2 is 2.38 bits per heavy atom. The number of nitrogens with zero attached hydrogens (tertiary/aromatic N) is 2. The monoisotopic (exact) mass is 183 g/mol. The third-order valence-corrected chi connectivity index (χ3v) is 2.10. The van der Waals surface area contributed by atoms with Crippen molar-refractivity contribution in [2.75, 3.05) is 6.61 Å². The summed E-state index contributed by atoms with van der Waals surface area (Å²) in [5.41, 5.74) is 5.31. The fourth-order valence-electron chi connectivity index (χ4n) is 1.37. The molecule has 0 aliphatic heterocycles. The summed E-state index contributed by atoms with van der Waals surface area (Å²) in [6.45, 7) is 3.87. The van der Waals surface area contributed by atoms with Gasteiger partial charge in [0.1, 0.15) is 0 Å². The lowest BCUT2D eigenvalue weighted by atomic mass is 9.96. The smallest absolute Gasteiger partial charge is 0.0609 e. The van der Waals surface area contributed by atoms with E-state index in [1.54, 1.807) is 6.20 Å². The zero-order valence-corrected chi connectivity index (χ0v) is 8.14. The minimum Gasteiger partial charge on any atom is -0.394 e. The Morgan fingerprint density at radius 3 is 2.85 bits per heavy atom. The van der Waals surface area contributed by atoms with Crippen molar-refractivity contribution in [1.29, 1.82) is 0 Å². The summed E-state index contributed by atoms with van der Waals surface area (Å²) >= 11 is 0. The molecule has 0 fully saturated rings. The zero-order chi connectivity index (χ0) is 9.90. The van der Waals surface area contributed by atoms with E-state index >= 15 is 0 Å². The molecule has 1 heterocycles. The minimum atomic E-state index is -0.522. The van der Waals surface area contributed by atoms with Crippen LogP contribution >= 0.6 is 0 Å². The lowest BCUT2D eigenvalue weighted by Gasteiger charge is -2.25. The lowest BCUT2D eigenvalue weighted by Crippen LogP contribution is -2.42. The average Bonchev–Trinajstić information content (AvgIpc) is 2.55. The maximum atomic E-state index is 8.99. The predicted octanol–water partition coefficient (Wildman–Crippen LogP) is 0.544. The zero-order valence-electron chi connectivity index (χ0n) is 8.14. The van der Waals surface area contributed by atoms with Gasteiger partial charge in [0.2, 0.25) is 0 Å². The maximum Gasteiger partial charge on any atom is 0.0609 e. The van der Waals surface area contributed by atoms with Gasteiger partial charge in [-0.3, -0.25) is 4.68 Å². The quantitative estimate of drug-likeness (QED) is 0.716. The Labute approximate surface area is 78.4 Å². The van der Waals surface area contributed by atoms with Crippen molar-refractivity contribution < 1.29 is 5.11 Å². The molecule has 0 aromatic carbocycles. The maximum absolute atomic E-state index is 8.99. The molecule has 4 nitrogen and oxygen atoms in total. The van der Waals surface area contributed by atoms with Gasteiger partial charge in [-0.25, -0.2) is 0 Å². The van der Waals surface area contributed by atoms with Gasteiger partial charge < -0.3 is 10.8 Å². The van der Waals surface area contributed by atoms with Crippen molar-refractivity contribution in [1.82, 2.24) is 9.78 Å². The van der Waals surface area contributed by atoms with E-state index in [2.05, 4.69) is 5.10 Å². The molecule has 0 spiro atoms. The van der Waals surface area contributed by atoms with Crippen LogP contribution in [0.25, 0.3) is 0 Å². The van der Waals surface area contributed by atoms with Crippen LogP contribution in [0.15, 0.2) is 18.5 Å². The van der Waals surface area contributed by atoms with Gasteiger partial charge in [0.25, 0.3) is 0 Å².